The highest BCUT2D eigenvalue weighted by atomic mass is 16.5. The van der Waals surface area contributed by atoms with Gasteiger partial charge in [-0.3, -0.25) is 19.2 Å². The predicted molar refractivity (Wildman–Crippen MR) is 99.1 cm³/mol. The van der Waals surface area contributed by atoms with Crippen LogP contribution < -0.4 is 0 Å². The van der Waals surface area contributed by atoms with E-state index < -0.39 is 29.3 Å². The number of ether oxygens (including phenoxy) is 5. The standard InChI is InChI=1S/C18H30O12/c1-26-17(25)5-9-30-13-18(10-27-6-2-14(19)20,11-28-7-3-15(21)22)12-29-8-4-16(23)24/h2-13H2,1H3,(H,19,20)(H,21,22)(H,23,24). The summed E-state index contributed by atoms with van der Waals surface area (Å²) in [6, 6.07) is 0. The van der Waals surface area contributed by atoms with E-state index in [2.05, 4.69) is 4.74 Å². The third-order valence-electron chi connectivity index (χ3n) is 3.69. The van der Waals surface area contributed by atoms with E-state index in [-0.39, 0.29) is 78.5 Å². The predicted octanol–water partition coefficient (Wildman–Crippen LogP) is 0.0264. The van der Waals surface area contributed by atoms with Crippen LogP contribution in [-0.4, -0.2) is 99.2 Å². The summed E-state index contributed by atoms with van der Waals surface area (Å²) in [5.41, 5.74) is -0.967. The van der Waals surface area contributed by atoms with Crippen LogP contribution in [0.5, 0.6) is 0 Å². The van der Waals surface area contributed by atoms with Gasteiger partial charge in [0.2, 0.25) is 0 Å². The van der Waals surface area contributed by atoms with Crippen LogP contribution in [0.2, 0.25) is 0 Å². The number of rotatable bonds is 20. The molecule has 3 N–H and O–H groups in total. The highest BCUT2D eigenvalue weighted by molar-refractivity contribution is 5.69. The highest BCUT2D eigenvalue weighted by Gasteiger charge is 2.33. The number of aliphatic carboxylic acids is 3. The van der Waals surface area contributed by atoms with Crippen LogP contribution in [-0.2, 0) is 42.9 Å². The van der Waals surface area contributed by atoms with E-state index in [1.807, 2.05) is 0 Å². The first-order valence-electron chi connectivity index (χ1n) is 9.24. The molecule has 0 atom stereocenters. The average Bonchev–Trinajstić information content (AvgIpc) is 2.68. The molecule has 30 heavy (non-hydrogen) atoms. The summed E-state index contributed by atoms with van der Waals surface area (Å²) in [6.07, 6.45) is -0.663. The second-order valence-electron chi connectivity index (χ2n) is 6.47. The zero-order chi connectivity index (χ0) is 22.8. The molecule has 0 radical (unpaired) electrons. The second kappa shape index (κ2) is 16.5. The van der Waals surface area contributed by atoms with Gasteiger partial charge in [0.15, 0.2) is 0 Å². The minimum atomic E-state index is -1.04. The minimum Gasteiger partial charge on any atom is -0.481 e. The van der Waals surface area contributed by atoms with Crippen molar-refractivity contribution in [3.05, 3.63) is 0 Å². The average molecular weight is 438 g/mol. The monoisotopic (exact) mass is 438 g/mol. The first-order valence-corrected chi connectivity index (χ1v) is 9.24. The molecule has 12 heteroatoms. The molecule has 0 aromatic carbocycles. The summed E-state index contributed by atoms with van der Waals surface area (Å²) < 4.78 is 26.3. The van der Waals surface area contributed by atoms with Crippen molar-refractivity contribution in [1.82, 2.24) is 0 Å². The molecular weight excluding hydrogens is 408 g/mol. The number of methoxy groups -OCH3 is 1. The molecule has 12 nitrogen and oxygen atoms in total. The van der Waals surface area contributed by atoms with Crippen molar-refractivity contribution in [2.45, 2.75) is 25.7 Å². The third kappa shape index (κ3) is 15.6. The summed E-state index contributed by atoms with van der Waals surface area (Å²) in [7, 11) is 1.25. The van der Waals surface area contributed by atoms with Crippen LogP contribution in [0.25, 0.3) is 0 Å². The maximum Gasteiger partial charge on any atom is 0.307 e. The number of carbonyl (C=O) groups is 4. The molecule has 0 aliphatic rings. The van der Waals surface area contributed by atoms with Gasteiger partial charge in [0.25, 0.3) is 0 Å². The fourth-order valence-electron chi connectivity index (χ4n) is 2.14. The van der Waals surface area contributed by atoms with E-state index in [1.165, 1.54) is 7.11 Å². The SMILES string of the molecule is COC(=O)CCOCC(COCCC(=O)O)(COCCC(=O)O)COCCC(=O)O. The lowest BCUT2D eigenvalue weighted by atomic mass is 9.92. The minimum absolute atomic E-state index is 0.00614. The summed E-state index contributed by atoms with van der Waals surface area (Å²) in [5.74, 6) is -3.57. The van der Waals surface area contributed by atoms with Crippen LogP contribution >= 0.6 is 0 Å². The van der Waals surface area contributed by atoms with Gasteiger partial charge in [-0.25, -0.2) is 0 Å². The zero-order valence-electron chi connectivity index (χ0n) is 17.0. The van der Waals surface area contributed by atoms with E-state index in [9.17, 15) is 19.2 Å². The Hall–Kier alpha value is -2.28. The Balaban J connectivity index is 4.97. The van der Waals surface area contributed by atoms with Crippen LogP contribution in [0.4, 0.5) is 0 Å². The van der Waals surface area contributed by atoms with Crippen molar-refractivity contribution in [3.63, 3.8) is 0 Å². The molecule has 0 aromatic rings. The first kappa shape index (κ1) is 27.7. The van der Waals surface area contributed by atoms with Gasteiger partial charge in [0.1, 0.15) is 0 Å². The number of hydrogen-bond donors (Lipinski definition) is 3. The van der Waals surface area contributed by atoms with E-state index in [4.69, 9.17) is 34.3 Å². The fraction of sp³-hybridized carbons (Fsp3) is 0.778. The summed E-state index contributed by atoms with van der Waals surface area (Å²) in [6.45, 7) is -0.350. The molecule has 0 spiro atoms. The molecule has 0 aliphatic heterocycles. The quantitative estimate of drug-likeness (QED) is 0.172. The highest BCUT2D eigenvalue weighted by Crippen LogP contribution is 2.21. The lowest BCUT2D eigenvalue weighted by molar-refractivity contribution is -0.143. The van der Waals surface area contributed by atoms with Gasteiger partial charge in [-0.15, -0.1) is 0 Å². The van der Waals surface area contributed by atoms with Gasteiger partial charge < -0.3 is 39.0 Å². The van der Waals surface area contributed by atoms with Crippen molar-refractivity contribution in [2.24, 2.45) is 5.41 Å². The summed E-state index contributed by atoms with van der Waals surface area (Å²) >= 11 is 0. The lowest BCUT2D eigenvalue weighted by Gasteiger charge is -2.33. The van der Waals surface area contributed by atoms with Crippen LogP contribution in [0.1, 0.15) is 25.7 Å². The normalized spacial score (nSPS) is 11.2. The molecule has 0 unspecified atom stereocenters. The van der Waals surface area contributed by atoms with Gasteiger partial charge in [0.05, 0.1) is 91.1 Å². The topological polar surface area (TPSA) is 175 Å². The molecule has 0 fully saturated rings. The van der Waals surface area contributed by atoms with Crippen molar-refractivity contribution in [1.29, 1.82) is 0 Å². The summed E-state index contributed by atoms with van der Waals surface area (Å²) in [5, 5.41) is 26.2. The molecule has 174 valence electrons. The second-order valence-corrected chi connectivity index (χ2v) is 6.47. The van der Waals surface area contributed by atoms with Crippen LogP contribution in [0, 0.1) is 5.41 Å². The van der Waals surface area contributed by atoms with E-state index in [0.29, 0.717) is 0 Å². The van der Waals surface area contributed by atoms with Crippen LogP contribution in [0.15, 0.2) is 0 Å². The lowest BCUT2D eigenvalue weighted by Crippen LogP contribution is -2.42. The Kier molecular flexibility index (Phi) is 15.3. The molecule has 0 amide bonds. The number of hydrogen-bond acceptors (Lipinski definition) is 9. The maximum absolute atomic E-state index is 11.2. The Labute approximate surface area is 174 Å². The van der Waals surface area contributed by atoms with Crippen molar-refractivity contribution >= 4 is 23.9 Å². The van der Waals surface area contributed by atoms with E-state index in [1.54, 1.807) is 0 Å². The van der Waals surface area contributed by atoms with E-state index in [0.717, 1.165) is 0 Å². The largest absolute Gasteiger partial charge is 0.481 e. The van der Waals surface area contributed by atoms with Gasteiger partial charge in [-0.05, 0) is 0 Å². The first-order chi connectivity index (χ1) is 14.2. The van der Waals surface area contributed by atoms with Gasteiger partial charge >= 0.3 is 23.9 Å². The zero-order valence-corrected chi connectivity index (χ0v) is 17.0. The van der Waals surface area contributed by atoms with Crippen molar-refractivity contribution < 1.29 is 58.2 Å². The molecule has 0 heterocycles. The molecule has 0 saturated heterocycles. The maximum atomic E-state index is 11.2. The molecule has 0 bridgehead atoms. The van der Waals surface area contributed by atoms with Crippen molar-refractivity contribution in [3.8, 4) is 0 Å². The number of carbonyl (C=O) groups excluding carboxylic acids is 1. The fourth-order valence-corrected chi connectivity index (χ4v) is 2.14. The van der Waals surface area contributed by atoms with Gasteiger partial charge in [-0.2, -0.15) is 0 Å². The summed E-state index contributed by atoms with van der Waals surface area (Å²) in [4.78, 5) is 43.2. The molecule has 0 aliphatic carbocycles. The molecule has 0 aromatic heterocycles. The number of carboxylic acids is 3. The van der Waals surface area contributed by atoms with Crippen molar-refractivity contribution in [2.75, 3.05) is 60.0 Å². The molecule has 0 saturated carbocycles. The number of esters is 1. The Bertz CT molecular complexity index is 478. The third-order valence-corrected chi connectivity index (χ3v) is 3.69. The Morgan fingerprint density at radius 1 is 0.600 bits per heavy atom. The molecular formula is C18H30O12. The Morgan fingerprint density at radius 3 is 1.17 bits per heavy atom. The van der Waals surface area contributed by atoms with Gasteiger partial charge in [0, 0.05) is 0 Å². The van der Waals surface area contributed by atoms with Crippen LogP contribution in [0.3, 0.4) is 0 Å². The van der Waals surface area contributed by atoms with Gasteiger partial charge in [-0.1, -0.05) is 0 Å². The Morgan fingerprint density at radius 2 is 0.900 bits per heavy atom. The molecule has 0 rings (SSSR count). The number of carboxylic acid groups (broad SMARTS) is 3. The van der Waals surface area contributed by atoms with E-state index >= 15 is 0 Å². The smallest absolute Gasteiger partial charge is 0.307 e.